The molecule has 1 aromatic carbocycles. The van der Waals surface area contributed by atoms with Crippen LogP contribution in [-0.4, -0.2) is 69.7 Å². The molecule has 1 N–H and O–H groups in total. The second-order valence-electron chi connectivity index (χ2n) is 7.99. The van der Waals surface area contributed by atoms with E-state index in [9.17, 15) is 9.18 Å². The first-order valence-electron chi connectivity index (χ1n) is 9.65. The number of amides is 2. The quantitative estimate of drug-likeness (QED) is 0.720. The van der Waals surface area contributed by atoms with Gasteiger partial charge in [-0.05, 0) is 17.7 Å². The van der Waals surface area contributed by atoms with Crippen LogP contribution in [0.15, 0.2) is 36.8 Å². The highest BCUT2D eigenvalue weighted by atomic mass is 19.1. The minimum atomic E-state index is -0.283. The number of H-pyrrole nitrogens is 1. The topological polar surface area (TPSA) is 81.3 Å². The molecule has 2 aliphatic rings. The van der Waals surface area contributed by atoms with E-state index >= 15 is 0 Å². The molecule has 2 saturated heterocycles. The van der Waals surface area contributed by atoms with Gasteiger partial charge >= 0.3 is 6.03 Å². The predicted octanol–water partition coefficient (Wildman–Crippen LogP) is 2.28. The van der Waals surface area contributed by atoms with Crippen molar-refractivity contribution in [3.63, 3.8) is 0 Å². The molecule has 2 fully saturated rings. The number of halogens is 1. The Morgan fingerprint density at radius 1 is 1.24 bits per heavy atom. The van der Waals surface area contributed by atoms with E-state index in [0.717, 1.165) is 29.9 Å². The molecule has 3 aromatic rings. The molecule has 0 aliphatic carbocycles. The Labute approximate surface area is 167 Å². The highest BCUT2D eigenvalue weighted by molar-refractivity contribution is 5.86. The third-order valence-electron chi connectivity index (χ3n) is 6.01. The lowest BCUT2D eigenvalue weighted by Gasteiger charge is -2.32. The van der Waals surface area contributed by atoms with Crippen LogP contribution in [0.1, 0.15) is 11.6 Å². The summed E-state index contributed by atoms with van der Waals surface area (Å²) in [5.41, 5.74) is 1.55. The molecule has 2 aromatic heterocycles. The summed E-state index contributed by atoms with van der Waals surface area (Å²) in [7, 11) is 3.50. The van der Waals surface area contributed by atoms with Crippen molar-refractivity contribution in [2.45, 2.75) is 6.04 Å². The standard InChI is InChI=1S/C20H22FN7O/c1-26(2)20(29)28-9-13-8-27(19-15-7-24-25-18(15)22-11-23-19)10-16(13)17(28)12-4-3-5-14(21)6-12/h3-7,11,13,16-17H,8-10H2,1-2H3,(H,22,23,24,25)/t13-,16-,17+/m1/s1. The van der Waals surface area contributed by atoms with Crippen molar-refractivity contribution >= 4 is 22.9 Å². The molecule has 9 heteroatoms. The minimum Gasteiger partial charge on any atom is -0.355 e. The fraction of sp³-hybridized carbons (Fsp3) is 0.400. The van der Waals surface area contributed by atoms with Gasteiger partial charge in [0.1, 0.15) is 18.0 Å². The van der Waals surface area contributed by atoms with Crippen LogP contribution in [0, 0.1) is 17.7 Å². The number of hydrogen-bond acceptors (Lipinski definition) is 5. The van der Waals surface area contributed by atoms with E-state index in [1.165, 1.54) is 12.4 Å². The molecule has 4 heterocycles. The predicted molar refractivity (Wildman–Crippen MR) is 106 cm³/mol. The largest absolute Gasteiger partial charge is 0.355 e. The average molecular weight is 395 g/mol. The van der Waals surface area contributed by atoms with Gasteiger partial charge in [0, 0.05) is 45.6 Å². The fourth-order valence-corrected chi connectivity index (χ4v) is 4.79. The molecule has 2 amide bonds. The lowest BCUT2D eigenvalue weighted by atomic mass is 9.89. The molecule has 2 aliphatic heterocycles. The first-order valence-corrected chi connectivity index (χ1v) is 9.65. The van der Waals surface area contributed by atoms with Crippen molar-refractivity contribution in [1.29, 1.82) is 0 Å². The van der Waals surface area contributed by atoms with E-state index in [2.05, 4.69) is 25.1 Å². The van der Waals surface area contributed by atoms with Gasteiger partial charge in [0.25, 0.3) is 0 Å². The molecule has 0 unspecified atom stereocenters. The summed E-state index contributed by atoms with van der Waals surface area (Å²) in [5, 5.41) is 7.84. The first-order chi connectivity index (χ1) is 14.0. The van der Waals surface area contributed by atoms with E-state index in [4.69, 9.17) is 0 Å². The maximum Gasteiger partial charge on any atom is 0.320 e. The van der Waals surface area contributed by atoms with Crippen LogP contribution < -0.4 is 4.90 Å². The number of nitrogens with one attached hydrogen (secondary N) is 1. The number of carbonyl (C=O) groups is 1. The van der Waals surface area contributed by atoms with Gasteiger partial charge in [0.05, 0.1) is 17.6 Å². The van der Waals surface area contributed by atoms with E-state index in [1.54, 1.807) is 37.3 Å². The highest BCUT2D eigenvalue weighted by Crippen LogP contribution is 2.46. The molecule has 5 rings (SSSR count). The van der Waals surface area contributed by atoms with Gasteiger partial charge < -0.3 is 14.7 Å². The molecule has 3 atom stereocenters. The molecule has 0 bridgehead atoms. The van der Waals surface area contributed by atoms with Crippen molar-refractivity contribution in [1.82, 2.24) is 30.0 Å². The van der Waals surface area contributed by atoms with Crippen molar-refractivity contribution in [2.24, 2.45) is 11.8 Å². The monoisotopic (exact) mass is 395 g/mol. The lowest BCUT2D eigenvalue weighted by molar-refractivity contribution is 0.159. The van der Waals surface area contributed by atoms with Gasteiger partial charge in [0.15, 0.2) is 5.65 Å². The second-order valence-corrected chi connectivity index (χ2v) is 7.99. The zero-order chi connectivity index (χ0) is 20.1. The summed E-state index contributed by atoms with van der Waals surface area (Å²) in [4.78, 5) is 27.3. The molecule has 8 nitrogen and oxygen atoms in total. The number of likely N-dealkylation sites (tertiary alicyclic amines) is 1. The van der Waals surface area contributed by atoms with E-state index in [1.807, 2.05) is 11.0 Å². The zero-order valence-electron chi connectivity index (χ0n) is 16.3. The fourth-order valence-electron chi connectivity index (χ4n) is 4.79. The van der Waals surface area contributed by atoms with Gasteiger partial charge in [-0.2, -0.15) is 5.10 Å². The third-order valence-corrected chi connectivity index (χ3v) is 6.01. The molecule has 29 heavy (non-hydrogen) atoms. The van der Waals surface area contributed by atoms with Gasteiger partial charge in [-0.3, -0.25) is 5.10 Å². The summed E-state index contributed by atoms with van der Waals surface area (Å²) in [5.74, 6) is 1.04. The third kappa shape index (κ3) is 2.88. The smallest absolute Gasteiger partial charge is 0.320 e. The summed E-state index contributed by atoms with van der Waals surface area (Å²) in [6.07, 6.45) is 3.28. The van der Waals surface area contributed by atoms with Gasteiger partial charge in [0.2, 0.25) is 0 Å². The Bertz CT molecular complexity index is 1070. The number of fused-ring (bicyclic) bond motifs is 2. The second kappa shape index (κ2) is 6.68. The molecular formula is C20H22FN7O. The van der Waals surface area contributed by atoms with Gasteiger partial charge in [-0.1, -0.05) is 12.1 Å². The first kappa shape index (κ1) is 17.8. The normalized spacial score (nSPS) is 23.6. The van der Waals surface area contributed by atoms with Crippen LogP contribution in [0.2, 0.25) is 0 Å². The Hall–Kier alpha value is -3.23. The number of carbonyl (C=O) groups excluding carboxylic acids is 1. The number of anilines is 1. The Kier molecular flexibility index (Phi) is 4.11. The summed E-state index contributed by atoms with van der Waals surface area (Å²) in [6, 6.07) is 6.39. The Balaban J connectivity index is 1.50. The maximum absolute atomic E-state index is 14.0. The summed E-state index contributed by atoms with van der Waals surface area (Å²) < 4.78 is 14.0. The number of benzene rings is 1. The summed E-state index contributed by atoms with van der Waals surface area (Å²) >= 11 is 0. The molecule has 0 radical (unpaired) electrons. The molecular weight excluding hydrogens is 373 g/mol. The molecule has 0 saturated carbocycles. The number of rotatable bonds is 2. The number of nitrogens with zero attached hydrogens (tertiary/aromatic N) is 6. The average Bonchev–Trinajstić information content (AvgIpc) is 3.40. The number of aromatic nitrogens is 4. The number of hydrogen-bond donors (Lipinski definition) is 1. The zero-order valence-corrected chi connectivity index (χ0v) is 16.3. The van der Waals surface area contributed by atoms with Gasteiger partial charge in [-0.15, -0.1) is 0 Å². The van der Waals surface area contributed by atoms with Crippen LogP contribution in [0.4, 0.5) is 15.0 Å². The summed E-state index contributed by atoms with van der Waals surface area (Å²) in [6.45, 7) is 2.16. The van der Waals surface area contributed by atoms with Crippen LogP contribution in [0.5, 0.6) is 0 Å². The van der Waals surface area contributed by atoms with Crippen molar-refractivity contribution in [2.75, 3.05) is 38.6 Å². The van der Waals surface area contributed by atoms with Crippen molar-refractivity contribution < 1.29 is 9.18 Å². The highest BCUT2D eigenvalue weighted by Gasteiger charge is 2.50. The van der Waals surface area contributed by atoms with Gasteiger partial charge in [-0.25, -0.2) is 19.2 Å². The lowest BCUT2D eigenvalue weighted by Crippen LogP contribution is -2.41. The van der Waals surface area contributed by atoms with E-state index in [0.29, 0.717) is 12.2 Å². The minimum absolute atomic E-state index is 0.0422. The Morgan fingerprint density at radius 3 is 2.90 bits per heavy atom. The van der Waals surface area contributed by atoms with E-state index < -0.39 is 0 Å². The van der Waals surface area contributed by atoms with Crippen LogP contribution in [-0.2, 0) is 0 Å². The number of urea groups is 1. The van der Waals surface area contributed by atoms with Crippen LogP contribution in [0.3, 0.4) is 0 Å². The number of aromatic amines is 1. The maximum atomic E-state index is 14.0. The van der Waals surface area contributed by atoms with Crippen LogP contribution >= 0.6 is 0 Å². The SMILES string of the molecule is CN(C)C(=O)N1C[C@H]2CN(c3ncnc4[nH]ncc34)C[C@H]2[C@@H]1c1cccc(F)c1. The molecule has 0 spiro atoms. The van der Waals surface area contributed by atoms with Crippen molar-refractivity contribution in [3.05, 3.63) is 48.2 Å². The molecule has 150 valence electrons. The van der Waals surface area contributed by atoms with Crippen molar-refractivity contribution in [3.8, 4) is 0 Å². The Morgan fingerprint density at radius 2 is 2.10 bits per heavy atom. The van der Waals surface area contributed by atoms with E-state index in [-0.39, 0.29) is 29.7 Å². The van der Waals surface area contributed by atoms with Crippen LogP contribution in [0.25, 0.3) is 11.0 Å².